The van der Waals surface area contributed by atoms with Gasteiger partial charge in [-0.25, -0.2) is 13.6 Å². The van der Waals surface area contributed by atoms with E-state index in [2.05, 4.69) is 4.98 Å². The van der Waals surface area contributed by atoms with Crippen LogP contribution in [0.1, 0.15) is 19.1 Å². The van der Waals surface area contributed by atoms with E-state index >= 15 is 0 Å². The highest BCUT2D eigenvalue weighted by Crippen LogP contribution is 2.43. The third kappa shape index (κ3) is 8.42. The van der Waals surface area contributed by atoms with Crippen molar-refractivity contribution < 1.29 is 36.6 Å². The Kier molecular flexibility index (Phi) is 11.3. The minimum Gasteiger partial charge on any atom is -0.497 e. The highest BCUT2D eigenvalue weighted by Gasteiger charge is 2.30. The van der Waals surface area contributed by atoms with E-state index in [1.807, 2.05) is 0 Å². The van der Waals surface area contributed by atoms with E-state index in [1.54, 1.807) is 62.8 Å². The molecule has 10 nitrogen and oxygen atoms in total. The molecule has 2 aromatic carbocycles. The number of alkyl halides is 2. The third-order valence-corrected chi connectivity index (χ3v) is 6.51. The number of nitrogens with one attached hydrogen (secondary N) is 1. The standard InChI is InChI=1S/C23H24ClN2O8P.CH2F2/c1-29-15-3-7-17(8-4-15)33-35(34-18-9-5-16(30-2)6-10-18)31-14-19-11-12-21(32-19)26-13-20(24)22(27)25-23(26)28;2-1-3/h3-10,13,19,21H,11-12,14H2,1-2H3,(H,25,27,28);1H2. The topological polar surface area (TPSA) is 110 Å². The molecule has 1 aliphatic heterocycles. The fourth-order valence-corrected chi connectivity index (χ4v) is 4.52. The van der Waals surface area contributed by atoms with Crippen molar-refractivity contribution in [3.05, 3.63) is 80.6 Å². The predicted octanol–water partition coefficient (Wildman–Crippen LogP) is 5.17. The van der Waals surface area contributed by atoms with Gasteiger partial charge in [0.15, 0.2) is 0 Å². The van der Waals surface area contributed by atoms with Gasteiger partial charge in [-0.15, -0.1) is 0 Å². The molecule has 206 valence electrons. The first-order valence-corrected chi connectivity index (χ1v) is 12.7. The highest BCUT2D eigenvalue weighted by molar-refractivity contribution is 7.42. The number of H-pyrrole nitrogens is 1. The Balaban J connectivity index is 0.00000127. The van der Waals surface area contributed by atoms with Crippen LogP contribution in [-0.2, 0) is 9.26 Å². The summed E-state index contributed by atoms with van der Waals surface area (Å²) in [5.41, 5.74) is -1.22. The number of ether oxygens (including phenoxy) is 3. The average Bonchev–Trinajstić information content (AvgIpc) is 3.39. The molecule has 1 aromatic heterocycles. The van der Waals surface area contributed by atoms with Gasteiger partial charge in [-0.2, -0.15) is 0 Å². The fourth-order valence-electron chi connectivity index (χ4n) is 3.35. The molecule has 0 radical (unpaired) electrons. The van der Waals surface area contributed by atoms with Crippen molar-refractivity contribution in [2.45, 2.75) is 25.2 Å². The summed E-state index contributed by atoms with van der Waals surface area (Å²) < 4.78 is 54.7. The molecular formula is C24H26ClF2N2O8P. The van der Waals surface area contributed by atoms with Crippen molar-refractivity contribution in [3.8, 4) is 23.0 Å². The highest BCUT2D eigenvalue weighted by atomic mass is 35.5. The molecule has 1 aliphatic rings. The Morgan fingerprint density at radius 3 is 1.95 bits per heavy atom. The van der Waals surface area contributed by atoms with Crippen LogP contribution < -0.4 is 29.8 Å². The normalized spacial score (nSPS) is 16.5. The number of benzene rings is 2. The maximum absolute atomic E-state index is 12.1. The molecule has 2 atom stereocenters. The van der Waals surface area contributed by atoms with E-state index in [4.69, 9.17) is 39.4 Å². The second kappa shape index (κ2) is 14.7. The minimum absolute atomic E-state index is 0.0859. The van der Waals surface area contributed by atoms with E-state index in [-0.39, 0.29) is 17.7 Å². The number of methoxy groups -OCH3 is 2. The van der Waals surface area contributed by atoms with Crippen LogP contribution in [0.25, 0.3) is 0 Å². The minimum atomic E-state index is -1.84. The number of aromatic nitrogens is 2. The van der Waals surface area contributed by atoms with Crippen LogP contribution >= 0.6 is 20.2 Å². The van der Waals surface area contributed by atoms with E-state index in [1.165, 1.54) is 10.8 Å². The molecule has 2 unspecified atom stereocenters. The maximum Gasteiger partial charge on any atom is 0.463 e. The van der Waals surface area contributed by atoms with Crippen LogP contribution in [0.5, 0.6) is 23.0 Å². The van der Waals surface area contributed by atoms with Gasteiger partial charge in [0.2, 0.25) is 6.93 Å². The van der Waals surface area contributed by atoms with Gasteiger partial charge < -0.3 is 23.3 Å². The molecule has 0 saturated carbocycles. The summed E-state index contributed by atoms with van der Waals surface area (Å²) in [7, 11) is 1.33. The molecular weight excluding hydrogens is 549 g/mol. The molecule has 1 saturated heterocycles. The zero-order valence-electron chi connectivity index (χ0n) is 20.5. The molecule has 0 bridgehead atoms. The third-order valence-electron chi connectivity index (χ3n) is 5.16. The Morgan fingerprint density at radius 1 is 0.947 bits per heavy atom. The monoisotopic (exact) mass is 574 g/mol. The van der Waals surface area contributed by atoms with E-state index < -0.39 is 33.0 Å². The summed E-state index contributed by atoms with van der Waals surface area (Å²) in [5.74, 6) is 2.48. The lowest BCUT2D eigenvalue weighted by molar-refractivity contribution is -0.0210. The lowest BCUT2D eigenvalue weighted by Crippen LogP contribution is -2.32. The lowest BCUT2D eigenvalue weighted by atomic mass is 10.2. The quantitative estimate of drug-likeness (QED) is 0.330. The zero-order valence-corrected chi connectivity index (χ0v) is 22.1. The number of rotatable bonds is 10. The predicted molar refractivity (Wildman–Crippen MR) is 137 cm³/mol. The Bertz CT molecular complexity index is 1210. The van der Waals surface area contributed by atoms with Crippen molar-refractivity contribution in [1.29, 1.82) is 0 Å². The fraction of sp³-hybridized carbons (Fsp3) is 0.333. The second-order valence-electron chi connectivity index (χ2n) is 7.59. The molecule has 38 heavy (non-hydrogen) atoms. The SMILES string of the molecule is COc1ccc(OP(OCC2CCC(n3cc(Cl)c(=O)[nH]c3=O)O2)Oc2ccc(OC)cc2)cc1.FCF. The van der Waals surface area contributed by atoms with Gasteiger partial charge in [0.1, 0.15) is 34.2 Å². The molecule has 0 spiro atoms. The summed E-state index contributed by atoms with van der Waals surface area (Å²) in [5, 5.41) is -0.0859. The summed E-state index contributed by atoms with van der Waals surface area (Å²) >= 11 is 5.87. The zero-order chi connectivity index (χ0) is 27.5. The van der Waals surface area contributed by atoms with E-state index in [0.29, 0.717) is 35.8 Å². The van der Waals surface area contributed by atoms with Gasteiger partial charge in [-0.05, 0) is 61.4 Å². The first-order chi connectivity index (χ1) is 18.4. The first-order valence-electron chi connectivity index (χ1n) is 11.2. The van der Waals surface area contributed by atoms with Crippen LogP contribution in [0.2, 0.25) is 5.02 Å². The molecule has 0 aliphatic carbocycles. The van der Waals surface area contributed by atoms with Crippen LogP contribution in [-0.4, -0.2) is 43.4 Å². The maximum atomic E-state index is 12.1. The number of aromatic amines is 1. The summed E-state index contributed by atoms with van der Waals surface area (Å²) in [6.45, 7) is -1.58. The number of halogens is 3. The number of nitrogens with zero attached hydrogens (tertiary/aromatic N) is 1. The van der Waals surface area contributed by atoms with Crippen LogP contribution in [0, 0.1) is 0 Å². The van der Waals surface area contributed by atoms with Crippen LogP contribution in [0.15, 0.2) is 64.3 Å². The molecule has 14 heteroatoms. The summed E-state index contributed by atoms with van der Waals surface area (Å²) in [6, 6.07) is 14.1. The lowest BCUT2D eigenvalue weighted by Gasteiger charge is -2.20. The van der Waals surface area contributed by atoms with Gasteiger partial charge in [0, 0.05) is 6.20 Å². The van der Waals surface area contributed by atoms with Crippen molar-refractivity contribution in [1.82, 2.24) is 9.55 Å². The van der Waals surface area contributed by atoms with Gasteiger partial charge >= 0.3 is 14.3 Å². The summed E-state index contributed by atoms with van der Waals surface area (Å²) in [6.07, 6.45) is 1.57. The van der Waals surface area contributed by atoms with Crippen molar-refractivity contribution in [2.75, 3.05) is 27.8 Å². The summed E-state index contributed by atoms with van der Waals surface area (Å²) in [4.78, 5) is 25.8. The Morgan fingerprint density at radius 2 is 1.45 bits per heavy atom. The molecule has 0 amide bonds. The average molecular weight is 575 g/mol. The largest absolute Gasteiger partial charge is 0.497 e. The molecule has 2 heterocycles. The van der Waals surface area contributed by atoms with E-state index in [0.717, 1.165) is 0 Å². The van der Waals surface area contributed by atoms with Crippen molar-refractivity contribution >= 4 is 20.2 Å². The number of hydrogen-bond acceptors (Lipinski definition) is 8. The molecule has 1 N–H and O–H groups in total. The van der Waals surface area contributed by atoms with Gasteiger partial charge in [0.05, 0.1) is 26.9 Å². The Labute approximate surface area is 223 Å². The van der Waals surface area contributed by atoms with Gasteiger partial charge in [-0.3, -0.25) is 18.9 Å². The van der Waals surface area contributed by atoms with Crippen molar-refractivity contribution in [2.24, 2.45) is 0 Å². The molecule has 3 aromatic rings. The Hall–Kier alpha value is -3.18. The van der Waals surface area contributed by atoms with Crippen molar-refractivity contribution in [3.63, 3.8) is 0 Å². The smallest absolute Gasteiger partial charge is 0.463 e. The van der Waals surface area contributed by atoms with Crippen LogP contribution in [0.3, 0.4) is 0 Å². The van der Waals surface area contributed by atoms with E-state index in [9.17, 15) is 18.4 Å². The van der Waals surface area contributed by atoms with Crippen LogP contribution in [0.4, 0.5) is 8.78 Å². The number of hydrogen-bond donors (Lipinski definition) is 1. The first kappa shape index (κ1) is 29.4. The second-order valence-corrected chi connectivity index (χ2v) is 9.07. The molecule has 1 fully saturated rings. The molecule has 4 rings (SSSR count). The van der Waals surface area contributed by atoms with Gasteiger partial charge in [-0.1, -0.05) is 11.6 Å². The van der Waals surface area contributed by atoms with Gasteiger partial charge in [0.25, 0.3) is 5.56 Å².